The van der Waals surface area contributed by atoms with Gasteiger partial charge in [-0.2, -0.15) is 0 Å². The Kier molecular flexibility index (Phi) is 6.69. The fourth-order valence-electron chi connectivity index (χ4n) is 3.62. The van der Waals surface area contributed by atoms with E-state index in [1.807, 2.05) is 0 Å². The minimum Gasteiger partial charge on any atom is -0.490 e. The van der Waals surface area contributed by atoms with E-state index in [9.17, 15) is 22.4 Å². The lowest BCUT2D eigenvalue weighted by Gasteiger charge is -2.31. The number of hydrogen-bond acceptors (Lipinski definition) is 6. The number of carbonyl (C=O) groups excluding carboxylic acids is 1. The van der Waals surface area contributed by atoms with Crippen molar-refractivity contribution in [3.05, 3.63) is 83.0 Å². The normalized spacial score (nSPS) is 14.6. The summed E-state index contributed by atoms with van der Waals surface area (Å²) >= 11 is 0. The van der Waals surface area contributed by atoms with Crippen molar-refractivity contribution in [1.29, 1.82) is 0 Å². The molecule has 2 heterocycles. The number of hydrogen-bond donors (Lipinski definition) is 0. The Balaban J connectivity index is 1.33. The molecule has 1 aromatic heterocycles. The lowest BCUT2D eigenvalue weighted by molar-refractivity contribution is 0.0929. The van der Waals surface area contributed by atoms with Crippen LogP contribution in [0, 0.1) is 5.82 Å². The minimum atomic E-state index is -3.32. The standard InChI is InChI=1S/C24H23FN2O6S/c1-34(30,31)22-8-4-18(5-9-22)27-15-12-21(16-23(27)28)32-20-10-13-26(14-11-20)24(29)33-19-6-2-17(25)3-7-19/h2-9,12,15-16,20H,10-11,13-14H2,1H3. The molecule has 0 aliphatic carbocycles. The molecule has 0 unspecified atom stereocenters. The van der Waals surface area contributed by atoms with Gasteiger partial charge in [-0.1, -0.05) is 0 Å². The lowest BCUT2D eigenvalue weighted by atomic mass is 10.1. The number of sulfone groups is 1. The number of carbonyl (C=O) groups is 1. The highest BCUT2D eigenvalue weighted by Crippen LogP contribution is 2.20. The number of pyridine rings is 1. The van der Waals surface area contributed by atoms with E-state index in [0.717, 1.165) is 6.26 Å². The molecule has 3 aromatic rings. The second kappa shape index (κ2) is 9.68. The molecule has 4 rings (SSSR count). The maximum absolute atomic E-state index is 13.0. The molecule has 0 atom stereocenters. The predicted molar refractivity (Wildman–Crippen MR) is 123 cm³/mol. The Morgan fingerprint density at radius 2 is 1.62 bits per heavy atom. The molecule has 0 N–H and O–H groups in total. The van der Waals surface area contributed by atoms with Crippen LogP contribution < -0.4 is 15.0 Å². The zero-order valence-electron chi connectivity index (χ0n) is 18.4. The zero-order chi connectivity index (χ0) is 24.3. The Morgan fingerprint density at radius 1 is 0.971 bits per heavy atom. The van der Waals surface area contributed by atoms with Gasteiger partial charge in [0.25, 0.3) is 5.56 Å². The van der Waals surface area contributed by atoms with Gasteiger partial charge in [0.2, 0.25) is 0 Å². The highest BCUT2D eigenvalue weighted by molar-refractivity contribution is 7.90. The third kappa shape index (κ3) is 5.63. The van der Waals surface area contributed by atoms with E-state index in [4.69, 9.17) is 9.47 Å². The quantitative estimate of drug-likeness (QED) is 0.549. The van der Waals surface area contributed by atoms with Crippen LogP contribution >= 0.6 is 0 Å². The molecular formula is C24H23FN2O6S. The first kappa shape index (κ1) is 23.5. The van der Waals surface area contributed by atoms with Gasteiger partial charge in [0.05, 0.1) is 4.90 Å². The van der Waals surface area contributed by atoms with E-state index < -0.39 is 21.7 Å². The molecule has 10 heteroatoms. The van der Waals surface area contributed by atoms with Gasteiger partial charge in [0, 0.05) is 50.1 Å². The Bertz CT molecular complexity index is 1330. The first-order valence-corrected chi connectivity index (χ1v) is 12.5. The van der Waals surface area contributed by atoms with Gasteiger partial charge in [0.1, 0.15) is 23.4 Å². The Morgan fingerprint density at radius 3 is 2.21 bits per heavy atom. The largest absolute Gasteiger partial charge is 0.490 e. The number of benzene rings is 2. The smallest absolute Gasteiger partial charge is 0.415 e. The van der Waals surface area contributed by atoms with Crippen molar-refractivity contribution in [2.24, 2.45) is 0 Å². The molecule has 8 nitrogen and oxygen atoms in total. The average molecular weight is 487 g/mol. The molecule has 0 saturated carbocycles. The summed E-state index contributed by atoms with van der Waals surface area (Å²) in [4.78, 5) is 26.6. The number of amides is 1. The molecule has 1 aliphatic rings. The van der Waals surface area contributed by atoms with Crippen molar-refractivity contribution in [3.8, 4) is 17.2 Å². The first-order chi connectivity index (χ1) is 16.2. The maximum Gasteiger partial charge on any atom is 0.415 e. The van der Waals surface area contributed by atoms with E-state index >= 15 is 0 Å². The average Bonchev–Trinajstić information content (AvgIpc) is 2.81. The molecule has 2 aromatic carbocycles. The fraction of sp³-hybridized carbons (Fsp3) is 0.250. The van der Waals surface area contributed by atoms with Crippen LogP contribution in [0.25, 0.3) is 5.69 Å². The van der Waals surface area contributed by atoms with E-state index in [1.54, 1.807) is 29.3 Å². The summed E-state index contributed by atoms with van der Waals surface area (Å²) in [5.74, 6) is 0.285. The molecule has 1 amide bonds. The number of piperidine rings is 1. The molecule has 1 saturated heterocycles. The van der Waals surface area contributed by atoms with Crippen molar-refractivity contribution in [3.63, 3.8) is 0 Å². The number of aromatic nitrogens is 1. The van der Waals surface area contributed by atoms with Gasteiger partial charge in [-0.3, -0.25) is 9.36 Å². The summed E-state index contributed by atoms with van der Waals surface area (Å²) in [6.07, 6.45) is 3.15. The van der Waals surface area contributed by atoms with E-state index in [1.165, 1.54) is 47.0 Å². The van der Waals surface area contributed by atoms with Crippen molar-refractivity contribution in [2.45, 2.75) is 23.8 Å². The van der Waals surface area contributed by atoms with Crippen LogP contribution in [-0.4, -0.2) is 49.4 Å². The van der Waals surface area contributed by atoms with Crippen molar-refractivity contribution in [1.82, 2.24) is 9.47 Å². The van der Waals surface area contributed by atoms with Crippen LogP contribution in [0.4, 0.5) is 9.18 Å². The SMILES string of the molecule is CS(=O)(=O)c1ccc(-n2ccc(OC3CCN(C(=O)Oc4ccc(F)cc4)CC3)cc2=O)cc1. The molecule has 1 aliphatic heterocycles. The second-order valence-electron chi connectivity index (χ2n) is 7.96. The van der Waals surface area contributed by atoms with Gasteiger partial charge < -0.3 is 14.4 Å². The number of rotatable bonds is 5. The lowest BCUT2D eigenvalue weighted by Crippen LogP contribution is -2.43. The van der Waals surface area contributed by atoms with Crippen molar-refractivity contribution < 1.29 is 27.1 Å². The number of ether oxygens (including phenoxy) is 2. The van der Waals surface area contributed by atoms with Gasteiger partial charge in [-0.15, -0.1) is 0 Å². The van der Waals surface area contributed by atoms with E-state index in [2.05, 4.69) is 0 Å². The van der Waals surface area contributed by atoms with Crippen LogP contribution in [0.15, 0.2) is 76.6 Å². The van der Waals surface area contributed by atoms with Gasteiger partial charge >= 0.3 is 6.09 Å². The Hall–Kier alpha value is -3.66. The highest BCUT2D eigenvalue weighted by atomic mass is 32.2. The van der Waals surface area contributed by atoms with Crippen LogP contribution in [-0.2, 0) is 9.84 Å². The highest BCUT2D eigenvalue weighted by Gasteiger charge is 2.25. The minimum absolute atomic E-state index is 0.167. The zero-order valence-corrected chi connectivity index (χ0v) is 19.2. The molecule has 1 fully saturated rings. The molecule has 0 radical (unpaired) electrons. The van der Waals surface area contributed by atoms with Gasteiger partial charge in [-0.05, 0) is 54.6 Å². The fourth-order valence-corrected chi connectivity index (χ4v) is 4.25. The van der Waals surface area contributed by atoms with Crippen LogP contribution in [0.2, 0.25) is 0 Å². The van der Waals surface area contributed by atoms with Crippen molar-refractivity contribution in [2.75, 3.05) is 19.3 Å². The van der Waals surface area contributed by atoms with Gasteiger partial charge in [-0.25, -0.2) is 17.6 Å². The predicted octanol–water partition coefficient (Wildman–Crippen LogP) is 3.42. The van der Waals surface area contributed by atoms with Crippen LogP contribution in [0.3, 0.4) is 0 Å². The van der Waals surface area contributed by atoms with Crippen molar-refractivity contribution >= 4 is 15.9 Å². The summed E-state index contributed by atoms with van der Waals surface area (Å²) in [7, 11) is -3.32. The summed E-state index contributed by atoms with van der Waals surface area (Å²) in [5.41, 5.74) is 0.224. The monoisotopic (exact) mass is 486 g/mol. The summed E-state index contributed by atoms with van der Waals surface area (Å²) in [6.45, 7) is 0.850. The van der Waals surface area contributed by atoms with E-state index in [0.29, 0.717) is 37.4 Å². The van der Waals surface area contributed by atoms with Crippen LogP contribution in [0.5, 0.6) is 11.5 Å². The molecule has 0 bridgehead atoms. The third-order valence-electron chi connectivity index (χ3n) is 5.46. The second-order valence-corrected chi connectivity index (χ2v) is 9.98. The summed E-state index contributed by atoms with van der Waals surface area (Å²) < 4.78 is 48.8. The summed E-state index contributed by atoms with van der Waals surface area (Å²) in [6, 6.07) is 14.3. The van der Waals surface area contributed by atoms with E-state index in [-0.39, 0.29) is 22.3 Å². The van der Waals surface area contributed by atoms with Crippen LogP contribution in [0.1, 0.15) is 12.8 Å². The molecular weight excluding hydrogens is 463 g/mol. The number of nitrogens with zero attached hydrogens (tertiary/aromatic N) is 2. The molecule has 34 heavy (non-hydrogen) atoms. The summed E-state index contributed by atoms with van der Waals surface area (Å²) in [5, 5.41) is 0. The topological polar surface area (TPSA) is 94.9 Å². The number of likely N-dealkylation sites (tertiary alicyclic amines) is 1. The third-order valence-corrected chi connectivity index (χ3v) is 6.58. The molecule has 0 spiro atoms. The number of halogens is 1. The Labute approximate surface area is 196 Å². The molecule has 178 valence electrons. The maximum atomic E-state index is 13.0. The first-order valence-electron chi connectivity index (χ1n) is 10.6. The van der Waals surface area contributed by atoms with Gasteiger partial charge in [0.15, 0.2) is 9.84 Å².